The number of carbonyl (C=O) groups excluding carboxylic acids is 1. The van der Waals surface area contributed by atoms with E-state index in [1.165, 1.54) is 0 Å². The molecule has 0 aliphatic carbocycles. The Morgan fingerprint density at radius 2 is 2.12 bits per heavy atom. The molecule has 0 amide bonds. The Morgan fingerprint density at radius 3 is 2.81 bits per heavy atom. The quantitative estimate of drug-likeness (QED) is 0.419. The van der Waals surface area contributed by atoms with Crippen molar-refractivity contribution >= 4 is 12.2 Å². The first-order valence-corrected chi connectivity index (χ1v) is 5.53. The molecule has 0 heterocycles. The summed E-state index contributed by atoms with van der Waals surface area (Å²) in [6.45, 7) is 2.65. The van der Waals surface area contributed by atoms with E-state index in [0.29, 0.717) is 6.61 Å². The van der Waals surface area contributed by atoms with E-state index in [1.54, 1.807) is 6.21 Å². The zero-order valence-electron chi connectivity index (χ0n) is 9.56. The summed E-state index contributed by atoms with van der Waals surface area (Å²) >= 11 is 0. The zero-order valence-corrected chi connectivity index (χ0v) is 9.56. The highest BCUT2D eigenvalue weighted by molar-refractivity contribution is 5.82. The second-order valence-electron chi connectivity index (χ2n) is 3.45. The normalized spacial score (nSPS) is 10.6. The van der Waals surface area contributed by atoms with E-state index in [0.717, 1.165) is 18.4 Å². The van der Waals surface area contributed by atoms with Crippen molar-refractivity contribution in [1.29, 1.82) is 0 Å². The van der Waals surface area contributed by atoms with Gasteiger partial charge in [-0.1, -0.05) is 43.7 Å². The van der Waals surface area contributed by atoms with Gasteiger partial charge in [0.15, 0.2) is 0 Å². The molecule has 3 nitrogen and oxygen atoms in total. The van der Waals surface area contributed by atoms with Crippen LogP contribution in [0.15, 0.2) is 35.3 Å². The second-order valence-corrected chi connectivity index (χ2v) is 3.45. The van der Waals surface area contributed by atoms with Gasteiger partial charge in [-0.2, -0.15) is 0 Å². The lowest BCUT2D eigenvalue weighted by molar-refractivity contribution is -0.141. The molecule has 1 rings (SSSR count). The lowest BCUT2D eigenvalue weighted by atomic mass is 10.2. The molecular weight excluding hydrogens is 202 g/mol. The van der Waals surface area contributed by atoms with Gasteiger partial charge in [0.05, 0.1) is 6.61 Å². The fourth-order valence-corrected chi connectivity index (χ4v) is 1.14. The summed E-state index contributed by atoms with van der Waals surface area (Å²) in [5.74, 6) is -0.263. The maximum Gasteiger partial charge on any atom is 0.327 e. The third kappa shape index (κ3) is 5.29. The summed E-state index contributed by atoms with van der Waals surface area (Å²) < 4.78 is 4.97. The summed E-state index contributed by atoms with van der Waals surface area (Å²) in [5.41, 5.74) is 0.990. The lowest BCUT2D eigenvalue weighted by Gasteiger charge is -2.00. The number of nitrogens with zero attached hydrogens (tertiary/aromatic N) is 1. The Labute approximate surface area is 96.2 Å². The molecule has 1 aromatic carbocycles. The SMILES string of the molecule is CCCCOC(=O)CN=Cc1ccccc1. The predicted molar refractivity (Wildman–Crippen MR) is 64.8 cm³/mol. The van der Waals surface area contributed by atoms with Crippen molar-refractivity contribution in [3.63, 3.8) is 0 Å². The number of aliphatic imine (C=N–C) groups is 1. The Morgan fingerprint density at radius 1 is 1.38 bits per heavy atom. The average molecular weight is 219 g/mol. The van der Waals surface area contributed by atoms with Crippen molar-refractivity contribution in [3.05, 3.63) is 35.9 Å². The van der Waals surface area contributed by atoms with Gasteiger partial charge in [0, 0.05) is 6.21 Å². The van der Waals surface area contributed by atoms with Crippen LogP contribution in [0.25, 0.3) is 0 Å². The number of rotatable bonds is 6. The van der Waals surface area contributed by atoms with E-state index in [-0.39, 0.29) is 12.5 Å². The van der Waals surface area contributed by atoms with Gasteiger partial charge in [0.2, 0.25) is 0 Å². The van der Waals surface area contributed by atoms with Gasteiger partial charge in [0.25, 0.3) is 0 Å². The molecule has 0 saturated heterocycles. The minimum absolute atomic E-state index is 0.0958. The van der Waals surface area contributed by atoms with E-state index in [1.807, 2.05) is 30.3 Å². The Kier molecular flexibility index (Phi) is 5.92. The van der Waals surface area contributed by atoms with Crippen molar-refractivity contribution < 1.29 is 9.53 Å². The van der Waals surface area contributed by atoms with E-state index in [9.17, 15) is 4.79 Å². The molecule has 0 unspecified atom stereocenters. The van der Waals surface area contributed by atoms with Gasteiger partial charge < -0.3 is 4.74 Å². The fraction of sp³-hybridized carbons (Fsp3) is 0.385. The predicted octanol–water partition coefficient (Wildman–Crippen LogP) is 2.45. The molecule has 0 aliphatic heterocycles. The third-order valence-corrected chi connectivity index (χ3v) is 2.02. The maximum atomic E-state index is 11.2. The number of unbranched alkanes of at least 4 members (excludes halogenated alkanes) is 1. The van der Waals surface area contributed by atoms with Crippen LogP contribution in [-0.2, 0) is 9.53 Å². The van der Waals surface area contributed by atoms with Gasteiger partial charge in [-0.3, -0.25) is 9.79 Å². The molecule has 0 saturated carbocycles. The minimum atomic E-state index is -0.263. The van der Waals surface area contributed by atoms with Gasteiger partial charge in [0.1, 0.15) is 6.54 Å². The molecule has 0 fully saturated rings. The summed E-state index contributed by atoms with van der Waals surface area (Å²) in [7, 11) is 0. The molecular formula is C13H17NO2. The highest BCUT2D eigenvalue weighted by atomic mass is 16.5. The highest BCUT2D eigenvalue weighted by Crippen LogP contribution is 1.94. The van der Waals surface area contributed by atoms with Crippen LogP contribution in [0, 0.1) is 0 Å². The molecule has 0 aliphatic rings. The maximum absolute atomic E-state index is 11.2. The summed E-state index contributed by atoms with van der Waals surface area (Å²) in [6.07, 6.45) is 3.62. The van der Waals surface area contributed by atoms with E-state index in [4.69, 9.17) is 4.74 Å². The van der Waals surface area contributed by atoms with E-state index >= 15 is 0 Å². The van der Waals surface area contributed by atoms with Crippen molar-refractivity contribution in [1.82, 2.24) is 0 Å². The molecule has 0 aromatic heterocycles. The molecule has 0 N–H and O–H groups in total. The average Bonchev–Trinajstić information content (AvgIpc) is 2.31. The van der Waals surface area contributed by atoms with Gasteiger partial charge >= 0.3 is 5.97 Å². The topological polar surface area (TPSA) is 38.7 Å². The molecule has 0 spiro atoms. The van der Waals surface area contributed by atoms with Crippen LogP contribution in [0.2, 0.25) is 0 Å². The van der Waals surface area contributed by atoms with Gasteiger partial charge in [-0.15, -0.1) is 0 Å². The molecule has 0 atom stereocenters. The molecule has 16 heavy (non-hydrogen) atoms. The van der Waals surface area contributed by atoms with Crippen LogP contribution < -0.4 is 0 Å². The number of hydrogen-bond acceptors (Lipinski definition) is 3. The number of esters is 1. The smallest absolute Gasteiger partial charge is 0.327 e. The molecule has 86 valence electrons. The third-order valence-electron chi connectivity index (χ3n) is 2.02. The first kappa shape index (κ1) is 12.4. The van der Waals surface area contributed by atoms with Crippen LogP contribution in [-0.4, -0.2) is 25.3 Å². The van der Waals surface area contributed by atoms with Crippen LogP contribution in [0.4, 0.5) is 0 Å². The van der Waals surface area contributed by atoms with Crippen LogP contribution >= 0.6 is 0 Å². The van der Waals surface area contributed by atoms with Gasteiger partial charge in [-0.25, -0.2) is 0 Å². The summed E-state index contributed by atoms with van der Waals surface area (Å²) in [6, 6.07) is 9.68. The van der Waals surface area contributed by atoms with E-state index in [2.05, 4.69) is 11.9 Å². The number of ether oxygens (including phenoxy) is 1. The number of hydrogen-bond donors (Lipinski definition) is 0. The summed E-state index contributed by atoms with van der Waals surface area (Å²) in [5, 5.41) is 0. The molecule has 3 heteroatoms. The Hall–Kier alpha value is -1.64. The van der Waals surface area contributed by atoms with Crippen molar-refractivity contribution in [2.45, 2.75) is 19.8 Å². The zero-order chi connectivity index (χ0) is 11.6. The molecule has 0 radical (unpaired) electrons. The standard InChI is InChI=1S/C13H17NO2/c1-2-3-9-16-13(15)11-14-10-12-7-5-4-6-8-12/h4-8,10H,2-3,9,11H2,1H3. The number of carbonyl (C=O) groups is 1. The first-order valence-electron chi connectivity index (χ1n) is 5.53. The summed E-state index contributed by atoms with van der Waals surface area (Å²) in [4.78, 5) is 15.2. The minimum Gasteiger partial charge on any atom is -0.464 e. The lowest BCUT2D eigenvalue weighted by Crippen LogP contribution is -2.09. The van der Waals surface area contributed by atoms with Crippen LogP contribution in [0.3, 0.4) is 0 Å². The van der Waals surface area contributed by atoms with Crippen LogP contribution in [0.5, 0.6) is 0 Å². The fourth-order valence-electron chi connectivity index (χ4n) is 1.14. The highest BCUT2D eigenvalue weighted by Gasteiger charge is 1.98. The molecule has 1 aromatic rings. The van der Waals surface area contributed by atoms with Crippen LogP contribution in [0.1, 0.15) is 25.3 Å². The Bertz CT molecular complexity index is 333. The van der Waals surface area contributed by atoms with Gasteiger partial charge in [-0.05, 0) is 12.0 Å². The van der Waals surface area contributed by atoms with E-state index < -0.39 is 0 Å². The molecule has 0 bridgehead atoms. The van der Waals surface area contributed by atoms with Crippen molar-refractivity contribution in [3.8, 4) is 0 Å². The Balaban J connectivity index is 2.24. The van der Waals surface area contributed by atoms with Crippen molar-refractivity contribution in [2.24, 2.45) is 4.99 Å². The first-order chi connectivity index (χ1) is 7.83. The number of benzene rings is 1. The largest absolute Gasteiger partial charge is 0.464 e. The van der Waals surface area contributed by atoms with Crippen molar-refractivity contribution in [2.75, 3.05) is 13.2 Å². The second kappa shape index (κ2) is 7.63. The monoisotopic (exact) mass is 219 g/mol.